The standard InChI is InChI=1S/C23H19NO4/c1-3-27-23(26)16-8-10-19(14(2)12-16)24-22(25)21-13-18-17-7-5-4-6-15(17)9-11-20(18)28-21/h4-13H,3H2,1-2H3,(H,24,25). The molecule has 1 aromatic heterocycles. The number of amides is 1. The lowest BCUT2D eigenvalue weighted by atomic mass is 10.1. The molecule has 1 heterocycles. The van der Waals surface area contributed by atoms with E-state index >= 15 is 0 Å². The van der Waals surface area contributed by atoms with Crippen LogP contribution in [0.1, 0.15) is 33.4 Å². The molecule has 0 unspecified atom stereocenters. The zero-order valence-electron chi connectivity index (χ0n) is 15.6. The Kier molecular flexibility index (Phi) is 4.57. The zero-order chi connectivity index (χ0) is 19.7. The van der Waals surface area contributed by atoms with Crippen molar-refractivity contribution in [3.63, 3.8) is 0 Å². The third-order valence-corrected chi connectivity index (χ3v) is 4.64. The Morgan fingerprint density at radius 3 is 2.61 bits per heavy atom. The number of nitrogens with one attached hydrogen (secondary N) is 1. The molecule has 0 spiro atoms. The molecule has 5 nitrogen and oxygen atoms in total. The fourth-order valence-corrected chi connectivity index (χ4v) is 3.23. The van der Waals surface area contributed by atoms with Crippen LogP contribution in [0.5, 0.6) is 0 Å². The van der Waals surface area contributed by atoms with Crippen molar-refractivity contribution < 1.29 is 18.7 Å². The molecule has 5 heteroatoms. The molecule has 140 valence electrons. The van der Waals surface area contributed by atoms with Gasteiger partial charge in [-0.2, -0.15) is 0 Å². The topological polar surface area (TPSA) is 68.5 Å². The van der Waals surface area contributed by atoms with Gasteiger partial charge < -0.3 is 14.5 Å². The molecule has 0 fully saturated rings. The lowest BCUT2D eigenvalue weighted by Gasteiger charge is -2.09. The Hall–Kier alpha value is -3.60. The molecule has 4 aromatic rings. The van der Waals surface area contributed by atoms with Gasteiger partial charge in [-0.1, -0.05) is 30.3 Å². The molecular formula is C23H19NO4. The molecule has 1 amide bonds. The van der Waals surface area contributed by atoms with E-state index in [1.54, 1.807) is 31.2 Å². The van der Waals surface area contributed by atoms with E-state index in [1.807, 2.05) is 43.3 Å². The maximum Gasteiger partial charge on any atom is 0.338 e. The number of rotatable bonds is 4. The summed E-state index contributed by atoms with van der Waals surface area (Å²) in [5, 5.41) is 5.88. The van der Waals surface area contributed by atoms with Crippen molar-refractivity contribution >= 4 is 39.3 Å². The van der Waals surface area contributed by atoms with Crippen LogP contribution in [0.15, 0.2) is 65.1 Å². The van der Waals surface area contributed by atoms with E-state index < -0.39 is 0 Å². The minimum Gasteiger partial charge on any atom is -0.462 e. The van der Waals surface area contributed by atoms with Crippen molar-refractivity contribution in [1.82, 2.24) is 0 Å². The quantitative estimate of drug-likeness (QED) is 0.491. The van der Waals surface area contributed by atoms with E-state index in [9.17, 15) is 9.59 Å². The van der Waals surface area contributed by atoms with Gasteiger partial charge in [0.1, 0.15) is 5.58 Å². The SMILES string of the molecule is CCOC(=O)c1ccc(NC(=O)c2cc3c(ccc4ccccc43)o2)c(C)c1. The maximum absolute atomic E-state index is 12.7. The maximum atomic E-state index is 12.7. The monoisotopic (exact) mass is 373 g/mol. The zero-order valence-corrected chi connectivity index (χ0v) is 15.6. The van der Waals surface area contributed by atoms with Gasteiger partial charge in [0.2, 0.25) is 0 Å². The number of esters is 1. The minimum atomic E-state index is -0.382. The predicted molar refractivity (Wildman–Crippen MR) is 109 cm³/mol. The number of hydrogen-bond acceptors (Lipinski definition) is 4. The molecule has 3 aromatic carbocycles. The molecule has 28 heavy (non-hydrogen) atoms. The smallest absolute Gasteiger partial charge is 0.338 e. The summed E-state index contributed by atoms with van der Waals surface area (Å²) in [6.07, 6.45) is 0. The summed E-state index contributed by atoms with van der Waals surface area (Å²) < 4.78 is 10.8. The molecule has 4 rings (SSSR count). The van der Waals surface area contributed by atoms with E-state index in [-0.39, 0.29) is 17.6 Å². The van der Waals surface area contributed by atoms with E-state index in [4.69, 9.17) is 9.15 Å². The van der Waals surface area contributed by atoms with Crippen molar-refractivity contribution in [2.24, 2.45) is 0 Å². The minimum absolute atomic E-state index is 0.236. The summed E-state index contributed by atoms with van der Waals surface area (Å²) in [6.45, 7) is 3.90. The van der Waals surface area contributed by atoms with Gasteiger partial charge in [0, 0.05) is 11.1 Å². The number of hydrogen-bond donors (Lipinski definition) is 1. The van der Waals surface area contributed by atoms with Crippen molar-refractivity contribution in [3.05, 3.63) is 77.6 Å². The van der Waals surface area contributed by atoms with E-state index in [1.165, 1.54) is 0 Å². The number of furan rings is 1. The van der Waals surface area contributed by atoms with Gasteiger partial charge in [0.25, 0.3) is 5.91 Å². The molecule has 0 aliphatic heterocycles. The highest BCUT2D eigenvalue weighted by atomic mass is 16.5. The Balaban J connectivity index is 1.62. The molecule has 0 aliphatic rings. The van der Waals surface area contributed by atoms with Crippen LogP contribution in [-0.4, -0.2) is 18.5 Å². The molecule has 0 aliphatic carbocycles. The lowest BCUT2D eigenvalue weighted by molar-refractivity contribution is 0.0526. The molecule has 0 bridgehead atoms. The highest BCUT2D eigenvalue weighted by molar-refractivity contribution is 6.11. The van der Waals surface area contributed by atoms with Crippen LogP contribution in [0.2, 0.25) is 0 Å². The third-order valence-electron chi connectivity index (χ3n) is 4.64. The normalized spacial score (nSPS) is 10.9. The average molecular weight is 373 g/mol. The van der Waals surface area contributed by atoms with Crippen LogP contribution in [0, 0.1) is 6.92 Å². The van der Waals surface area contributed by atoms with Gasteiger partial charge >= 0.3 is 5.97 Å². The lowest BCUT2D eigenvalue weighted by Crippen LogP contribution is -2.12. The number of carbonyl (C=O) groups excluding carboxylic acids is 2. The Morgan fingerprint density at radius 2 is 1.82 bits per heavy atom. The van der Waals surface area contributed by atoms with Crippen LogP contribution >= 0.6 is 0 Å². The summed E-state index contributed by atoms with van der Waals surface area (Å²) in [6, 6.07) is 18.6. The van der Waals surface area contributed by atoms with Crippen LogP contribution in [0.4, 0.5) is 5.69 Å². The highest BCUT2D eigenvalue weighted by Gasteiger charge is 2.16. The molecule has 1 N–H and O–H groups in total. The molecular weight excluding hydrogens is 354 g/mol. The molecule has 0 saturated heterocycles. The van der Waals surface area contributed by atoms with Crippen molar-refractivity contribution in [2.75, 3.05) is 11.9 Å². The summed E-state index contributed by atoms with van der Waals surface area (Å²) in [4.78, 5) is 24.5. The largest absolute Gasteiger partial charge is 0.462 e. The van der Waals surface area contributed by atoms with Gasteiger partial charge in [-0.05, 0) is 60.5 Å². The second-order valence-electron chi connectivity index (χ2n) is 6.51. The number of aryl methyl sites for hydroxylation is 1. The van der Waals surface area contributed by atoms with Crippen molar-refractivity contribution in [1.29, 1.82) is 0 Å². The van der Waals surface area contributed by atoms with E-state index in [0.717, 1.165) is 21.7 Å². The van der Waals surface area contributed by atoms with Crippen molar-refractivity contribution in [3.8, 4) is 0 Å². The Bertz CT molecular complexity index is 1210. The average Bonchev–Trinajstić information content (AvgIpc) is 3.14. The number of fused-ring (bicyclic) bond motifs is 3. The summed E-state index contributed by atoms with van der Waals surface area (Å²) in [5.41, 5.74) is 2.50. The second-order valence-corrected chi connectivity index (χ2v) is 6.51. The Morgan fingerprint density at radius 1 is 1.00 bits per heavy atom. The van der Waals surface area contributed by atoms with Crippen LogP contribution in [0.25, 0.3) is 21.7 Å². The summed E-state index contributed by atoms with van der Waals surface area (Å²) in [7, 11) is 0. The summed E-state index contributed by atoms with van der Waals surface area (Å²) >= 11 is 0. The Labute approximate surface area is 161 Å². The second kappa shape index (κ2) is 7.19. The number of anilines is 1. The first-order valence-corrected chi connectivity index (χ1v) is 9.07. The third kappa shape index (κ3) is 3.22. The van der Waals surface area contributed by atoms with Crippen molar-refractivity contribution in [2.45, 2.75) is 13.8 Å². The van der Waals surface area contributed by atoms with Gasteiger partial charge in [-0.3, -0.25) is 4.79 Å². The molecule has 0 saturated carbocycles. The number of benzene rings is 3. The first-order valence-electron chi connectivity index (χ1n) is 9.07. The van der Waals surface area contributed by atoms with Crippen LogP contribution in [0.3, 0.4) is 0 Å². The number of carbonyl (C=O) groups is 2. The van der Waals surface area contributed by atoms with Gasteiger partial charge in [-0.25, -0.2) is 4.79 Å². The number of ether oxygens (including phenoxy) is 1. The molecule has 0 radical (unpaired) electrons. The van der Waals surface area contributed by atoms with Crippen LogP contribution < -0.4 is 5.32 Å². The van der Waals surface area contributed by atoms with Crippen LogP contribution in [-0.2, 0) is 4.74 Å². The fourth-order valence-electron chi connectivity index (χ4n) is 3.23. The predicted octanol–water partition coefficient (Wildman–Crippen LogP) is 5.32. The van der Waals surface area contributed by atoms with Gasteiger partial charge in [-0.15, -0.1) is 0 Å². The first kappa shape index (κ1) is 17.8. The van der Waals surface area contributed by atoms with Gasteiger partial charge in [0.05, 0.1) is 12.2 Å². The highest BCUT2D eigenvalue weighted by Crippen LogP contribution is 2.28. The summed E-state index contributed by atoms with van der Waals surface area (Å²) in [5.74, 6) is -0.486. The van der Waals surface area contributed by atoms with E-state index in [0.29, 0.717) is 23.4 Å². The fraction of sp³-hybridized carbons (Fsp3) is 0.130. The van der Waals surface area contributed by atoms with Gasteiger partial charge in [0.15, 0.2) is 5.76 Å². The molecule has 0 atom stereocenters. The van der Waals surface area contributed by atoms with E-state index in [2.05, 4.69) is 5.32 Å². The first-order chi connectivity index (χ1) is 13.6.